The van der Waals surface area contributed by atoms with Crippen LogP contribution < -0.4 is 0 Å². The third-order valence-corrected chi connectivity index (χ3v) is 2.70. The molecule has 0 rings (SSSR count). The fourth-order valence-corrected chi connectivity index (χ4v) is 1.28. The molecule has 0 aromatic rings. The Balaban J connectivity index is 5.53. The Morgan fingerprint density at radius 1 is 1.15 bits per heavy atom. The lowest BCUT2D eigenvalue weighted by molar-refractivity contribution is -0.138. The summed E-state index contributed by atoms with van der Waals surface area (Å²) in [6.07, 6.45) is 2.72. The summed E-state index contributed by atoms with van der Waals surface area (Å²) in [5, 5.41) is 0.330. The van der Waals surface area contributed by atoms with E-state index in [1.54, 1.807) is 18.1 Å². The second kappa shape index (κ2) is 9.13. The van der Waals surface area contributed by atoms with E-state index in [4.69, 9.17) is 0 Å². The van der Waals surface area contributed by atoms with Crippen molar-refractivity contribution in [1.82, 2.24) is 4.90 Å². The van der Waals surface area contributed by atoms with Gasteiger partial charge in [0.05, 0.1) is 20.3 Å². The van der Waals surface area contributed by atoms with Gasteiger partial charge in [0, 0.05) is 14.1 Å². The van der Waals surface area contributed by atoms with Gasteiger partial charge in [0.1, 0.15) is 5.84 Å². The molecule has 7 nitrogen and oxygen atoms in total. The van der Waals surface area contributed by atoms with Crippen LogP contribution in [0.3, 0.4) is 0 Å². The van der Waals surface area contributed by atoms with Gasteiger partial charge in [-0.15, -0.1) is 0 Å². The van der Waals surface area contributed by atoms with Gasteiger partial charge < -0.3 is 14.4 Å². The van der Waals surface area contributed by atoms with E-state index in [1.807, 2.05) is 14.1 Å². The molecular weight excluding hydrogens is 282 g/mol. The summed E-state index contributed by atoms with van der Waals surface area (Å²) in [7, 11) is 6.09. The van der Waals surface area contributed by atoms with E-state index in [1.165, 1.54) is 26.0 Å². The number of ether oxygens (including phenoxy) is 2. The summed E-state index contributed by atoms with van der Waals surface area (Å²) in [4.78, 5) is 32.8. The van der Waals surface area contributed by atoms with E-state index in [0.717, 1.165) is 6.08 Å². The number of nitrogens with zero attached hydrogens (tertiary/aromatic N) is 3. The van der Waals surface area contributed by atoms with Crippen molar-refractivity contribution in [2.75, 3.05) is 34.6 Å². The molecule has 0 aromatic carbocycles. The van der Waals surface area contributed by atoms with Crippen molar-refractivity contribution < 1.29 is 19.1 Å². The normalized spacial score (nSPS) is 13.0. The molecule has 0 spiro atoms. The fourth-order valence-electron chi connectivity index (χ4n) is 0.870. The van der Waals surface area contributed by atoms with Crippen LogP contribution in [0.2, 0.25) is 0 Å². The smallest absolute Gasteiger partial charge is 0.357 e. The number of esters is 2. The average Bonchev–Trinajstić information content (AvgIpc) is 2.43. The molecule has 0 aromatic heterocycles. The van der Waals surface area contributed by atoms with Gasteiger partial charge in [-0.05, 0) is 13.2 Å². The van der Waals surface area contributed by atoms with Crippen LogP contribution in [-0.2, 0) is 19.1 Å². The van der Waals surface area contributed by atoms with Gasteiger partial charge in [-0.25, -0.2) is 19.6 Å². The highest BCUT2D eigenvalue weighted by Gasteiger charge is 2.13. The summed E-state index contributed by atoms with van der Waals surface area (Å²) in [6, 6.07) is 0. The van der Waals surface area contributed by atoms with Gasteiger partial charge in [-0.2, -0.15) is 0 Å². The maximum Gasteiger partial charge on any atom is 0.357 e. The highest BCUT2D eigenvalue weighted by atomic mass is 32.2. The monoisotopic (exact) mass is 301 g/mol. The Morgan fingerprint density at radius 2 is 1.75 bits per heavy atom. The largest absolute Gasteiger partial charge is 0.466 e. The minimum atomic E-state index is -0.736. The second-order valence-corrected chi connectivity index (χ2v) is 4.47. The van der Waals surface area contributed by atoms with E-state index in [0.29, 0.717) is 11.0 Å². The van der Waals surface area contributed by atoms with Crippen LogP contribution in [-0.4, -0.2) is 62.4 Å². The Kier molecular flexibility index (Phi) is 8.30. The van der Waals surface area contributed by atoms with Crippen molar-refractivity contribution >= 4 is 34.7 Å². The molecule has 0 aliphatic heterocycles. The lowest BCUT2D eigenvalue weighted by Crippen LogP contribution is -2.19. The van der Waals surface area contributed by atoms with E-state index in [-0.39, 0.29) is 5.70 Å². The third kappa shape index (κ3) is 6.37. The molecule has 0 unspecified atom stereocenters. The zero-order valence-corrected chi connectivity index (χ0v) is 13.3. The average molecular weight is 301 g/mol. The molecule has 0 bridgehead atoms. The molecule has 0 saturated heterocycles. The molecule has 0 fully saturated rings. The van der Waals surface area contributed by atoms with Crippen molar-refractivity contribution in [3.8, 4) is 0 Å². The van der Waals surface area contributed by atoms with Gasteiger partial charge in [0.25, 0.3) is 0 Å². The zero-order valence-electron chi connectivity index (χ0n) is 12.5. The molecule has 0 heterocycles. The van der Waals surface area contributed by atoms with Crippen molar-refractivity contribution in [3.63, 3.8) is 0 Å². The number of thioether (sulfide) groups is 1. The van der Waals surface area contributed by atoms with Crippen molar-refractivity contribution in [2.24, 2.45) is 9.98 Å². The molecule has 8 heteroatoms. The van der Waals surface area contributed by atoms with Crippen LogP contribution in [0.4, 0.5) is 0 Å². The maximum absolute atomic E-state index is 11.6. The van der Waals surface area contributed by atoms with Gasteiger partial charge in [0.15, 0.2) is 10.9 Å². The van der Waals surface area contributed by atoms with Crippen LogP contribution in [0.1, 0.15) is 6.92 Å². The van der Waals surface area contributed by atoms with Crippen LogP contribution in [0.15, 0.2) is 21.8 Å². The highest BCUT2D eigenvalue weighted by Crippen LogP contribution is 2.09. The topological polar surface area (TPSA) is 80.6 Å². The summed E-state index contributed by atoms with van der Waals surface area (Å²) in [6.45, 7) is 1.80. The first-order valence-electron chi connectivity index (χ1n) is 5.59. The summed E-state index contributed by atoms with van der Waals surface area (Å²) < 4.78 is 9.03. The fraction of sp³-hybridized carbons (Fsp3) is 0.500. The Hall–Kier alpha value is -1.83. The van der Waals surface area contributed by atoms with Crippen molar-refractivity contribution in [1.29, 1.82) is 0 Å². The SMILES string of the molecule is COC(=O)/C=C(/N=C(\N=C(/C)N(C)C)SC)C(=O)OC. The standard InChI is InChI=1S/C12H19N3O4S/c1-8(15(2)3)13-12(20-6)14-9(11(17)19-5)7-10(16)18-4/h7H,1-6H3/b9-7+,13-8+,14-12+. The number of rotatable bonds is 3. The van der Waals surface area contributed by atoms with E-state index >= 15 is 0 Å². The quantitative estimate of drug-likeness (QED) is 0.334. The lowest BCUT2D eigenvalue weighted by Gasteiger charge is -2.11. The van der Waals surface area contributed by atoms with Gasteiger partial charge >= 0.3 is 11.9 Å². The first-order valence-corrected chi connectivity index (χ1v) is 6.81. The summed E-state index contributed by atoms with van der Waals surface area (Å²) >= 11 is 1.24. The second-order valence-electron chi connectivity index (χ2n) is 3.70. The predicted molar refractivity (Wildman–Crippen MR) is 79.9 cm³/mol. The Labute approximate surface area is 122 Å². The number of hydrogen-bond donors (Lipinski definition) is 0. The van der Waals surface area contributed by atoms with Gasteiger partial charge in [-0.1, -0.05) is 11.8 Å². The molecule has 20 heavy (non-hydrogen) atoms. The molecule has 0 aliphatic rings. The highest BCUT2D eigenvalue weighted by molar-refractivity contribution is 8.13. The van der Waals surface area contributed by atoms with Crippen LogP contribution in [0.25, 0.3) is 0 Å². The van der Waals surface area contributed by atoms with Crippen LogP contribution in [0, 0.1) is 0 Å². The summed E-state index contributed by atoms with van der Waals surface area (Å²) in [5.74, 6) is -0.719. The number of hydrogen-bond acceptors (Lipinski definition) is 6. The molecule has 0 radical (unpaired) electrons. The van der Waals surface area contributed by atoms with Crippen LogP contribution in [0.5, 0.6) is 0 Å². The first kappa shape index (κ1) is 18.2. The number of carbonyl (C=O) groups is 2. The number of aliphatic imine (C=N–C) groups is 2. The van der Waals surface area contributed by atoms with Gasteiger partial charge in [0.2, 0.25) is 0 Å². The molecule has 0 aliphatic carbocycles. The number of amidine groups is 2. The van der Waals surface area contributed by atoms with Crippen molar-refractivity contribution in [2.45, 2.75) is 6.92 Å². The Bertz CT molecular complexity index is 456. The van der Waals surface area contributed by atoms with E-state index < -0.39 is 11.9 Å². The molecule has 0 N–H and O–H groups in total. The molecular formula is C12H19N3O4S. The van der Waals surface area contributed by atoms with E-state index in [2.05, 4.69) is 19.5 Å². The van der Waals surface area contributed by atoms with E-state index in [9.17, 15) is 9.59 Å². The van der Waals surface area contributed by atoms with Crippen molar-refractivity contribution in [3.05, 3.63) is 11.8 Å². The minimum absolute atomic E-state index is 0.168. The zero-order chi connectivity index (χ0) is 15.7. The maximum atomic E-state index is 11.6. The molecule has 0 saturated carbocycles. The molecule has 0 atom stereocenters. The van der Waals surface area contributed by atoms with Crippen LogP contribution >= 0.6 is 11.8 Å². The summed E-state index contributed by atoms with van der Waals surface area (Å²) in [5.41, 5.74) is -0.168. The van der Waals surface area contributed by atoms with Gasteiger partial charge in [-0.3, -0.25) is 0 Å². The molecule has 0 amide bonds. The lowest BCUT2D eigenvalue weighted by atomic mass is 10.4. The first-order chi connectivity index (χ1) is 9.35. The predicted octanol–water partition coefficient (Wildman–Crippen LogP) is 0.915. The number of carbonyl (C=O) groups excluding carboxylic acids is 2. The number of methoxy groups -OCH3 is 2. The molecule has 112 valence electrons. The minimum Gasteiger partial charge on any atom is -0.466 e. The third-order valence-electron chi connectivity index (χ3n) is 2.15. The Morgan fingerprint density at radius 3 is 2.15 bits per heavy atom.